The second-order valence-electron chi connectivity index (χ2n) is 6.75. The van der Waals surface area contributed by atoms with Gasteiger partial charge in [-0.25, -0.2) is 14.4 Å². The number of nitrogens with zero attached hydrogens (tertiary/aromatic N) is 3. The highest BCUT2D eigenvalue weighted by atomic mass is 32.2. The Morgan fingerprint density at radius 2 is 1.83 bits per heavy atom. The molecule has 3 aromatic heterocycles. The molecule has 0 radical (unpaired) electrons. The van der Waals surface area contributed by atoms with E-state index in [0.717, 1.165) is 37.7 Å². The zero-order valence-electron chi connectivity index (χ0n) is 16.6. The van der Waals surface area contributed by atoms with E-state index in [1.807, 2.05) is 35.6 Å². The molecule has 0 saturated heterocycles. The largest absolute Gasteiger partial charge is 0.466 e. The van der Waals surface area contributed by atoms with Crippen molar-refractivity contribution in [1.82, 2.24) is 14.4 Å². The Hall–Kier alpha value is -3.19. The molecule has 7 heteroatoms. The van der Waals surface area contributed by atoms with Gasteiger partial charge in [-0.3, -0.25) is 4.79 Å². The minimum absolute atomic E-state index is 0.155. The van der Waals surface area contributed by atoms with E-state index in [2.05, 4.69) is 9.97 Å². The van der Waals surface area contributed by atoms with Gasteiger partial charge >= 0.3 is 5.97 Å². The average Bonchev–Trinajstić information content (AvgIpc) is 3.00. The average molecular weight is 421 g/mol. The number of pyridine rings is 1. The molecule has 4 rings (SSSR count). The van der Waals surface area contributed by atoms with E-state index in [0.29, 0.717) is 6.61 Å². The van der Waals surface area contributed by atoms with Gasteiger partial charge in [0.2, 0.25) is 0 Å². The van der Waals surface area contributed by atoms with Crippen LogP contribution in [0.2, 0.25) is 0 Å². The number of fused-ring (bicyclic) bond motifs is 1. The van der Waals surface area contributed by atoms with Crippen LogP contribution in [-0.4, -0.2) is 26.9 Å². The first-order valence-corrected chi connectivity index (χ1v) is 10.4. The van der Waals surface area contributed by atoms with E-state index in [-0.39, 0.29) is 18.2 Å². The highest BCUT2D eigenvalue weighted by Gasteiger charge is 2.19. The SMILES string of the molecule is CCOC(=O)Cc1c(C)c(Sc2ccc(-c3cncnc3)cc2)n2cc(F)ccc12. The second kappa shape index (κ2) is 8.67. The Labute approximate surface area is 177 Å². The van der Waals surface area contributed by atoms with Gasteiger partial charge in [0, 0.05) is 29.0 Å². The summed E-state index contributed by atoms with van der Waals surface area (Å²) in [5.41, 5.74) is 4.57. The van der Waals surface area contributed by atoms with Gasteiger partial charge in [0.15, 0.2) is 0 Å². The number of ether oxygens (including phenoxy) is 1. The molecule has 4 aromatic rings. The molecule has 0 unspecified atom stereocenters. The number of aromatic nitrogens is 3. The summed E-state index contributed by atoms with van der Waals surface area (Å²) >= 11 is 1.53. The smallest absolute Gasteiger partial charge is 0.310 e. The monoisotopic (exact) mass is 421 g/mol. The molecule has 0 aliphatic heterocycles. The number of esters is 1. The van der Waals surface area contributed by atoms with Gasteiger partial charge in [-0.05, 0) is 54.8 Å². The van der Waals surface area contributed by atoms with Gasteiger partial charge in [0.25, 0.3) is 0 Å². The van der Waals surface area contributed by atoms with Gasteiger partial charge in [0.05, 0.1) is 23.6 Å². The Morgan fingerprint density at radius 3 is 2.53 bits per heavy atom. The van der Waals surface area contributed by atoms with Crippen LogP contribution in [0.1, 0.15) is 18.1 Å². The van der Waals surface area contributed by atoms with Gasteiger partial charge in [-0.2, -0.15) is 0 Å². The van der Waals surface area contributed by atoms with Crippen molar-refractivity contribution in [3.8, 4) is 11.1 Å². The summed E-state index contributed by atoms with van der Waals surface area (Å²) in [5, 5.41) is 0.875. The Balaban J connectivity index is 1.69. The van der Waals surface area contributed by atoms with Crippen LogP contribution in [0.25, 0.3) is 16.6 Å². The first kappa shape index (κ1) is 20.1. The number of carbonyl (C=O) groups is 1. The molecular formula is C23H20FN3O2S. The molecule has 0 spiro atoms. The number of halogens is 1. The molecule has 152 valence electrons. The van der Waals surface area contributed by atoms with Crippen LogP contribution in [0, 0.1) is 12.7 Å². The van der Waals surface area contributed by atoms with Crippen LogP contribution >= 0.6 is 11.8 Å². The summed E-state index contributed by atoms with van der Waals surface area (Å²) in [6.07, 6.45) is 6.65. The van der Waals surface area contributed by atoms with Crippen LogP contribution in [0.3, 0.4) is 0 Å². The Bertz CT molecular complexity index is 1190. The topological polar surface area (TPSA) is 56.5 Å². The molecule has 0 aliphatic rings. The predicted molar refractivity (Wildman–Crippen MR) is 114 cm³/mol. The van der Waals surface area contributed by atoms with E-state index < -0.39 is 0 Å². The third-order valence-electron chi connectivity index (χ3n) is 4.80. The first-order valence-electron chi connectivity index (χ1n) is 9.54. The molecule has 0 bridgehead atoms. The maximum atomic E-state index is 14.0. The lowest BCUT2D eigenvalue weighted by atomic mass is 10.1. The summed E-state index contributed by atoms with van der Waals surface area (Å²) < 4.78 is 20.9. The number of carbonyl (C=O) groups excluding carboxylic acids is 1. The highest BCUT2D eigenvalue weighted by molar-refractivity contribution is 7.99. The molecule has 3 heterocycles. The Kier molecular flexibility index (Phi) is 5.81. The van der Waals surface area contributed by atoms with E-state index in [9.17, 15) is 9.18 Å². The maximum Gasteiger partial charge on any atom is 0.310 e. The van der Waals surface area contributed by atoms with Crippen molar-refractivity contribution in [1.29, 1.82) is 0 Å². The molecule has 0 saturated carbocycles. The third kappa shape index (κ3) is 4.07. The number of hydrogen-bond acceptors (Lipinski definition) is 5. The van der Waals surface area contributed by atoms with Gasteiger partial charge in [-0.15, -0.1) is 0 Å². The van der Waals surface area contributed by atoms with E-state index in [4.69, 9.17) is 4.74 Å². The summed E-state index contributed by atoms with van der Waals surface area (Å²) in [7, 11) is 0. The van der Waals surface area contributed by atoms with E-state index in [1.165, 1.54) is 30.4 Å². The lowest BCUT2D eigenvalue weighted by Crippen LogP contribution is -2.08. The summed E-state index contributed by atoms with van der Waals surface area (Å²) in [5.74, 6) is -0.620. The van der Waals surface area contributed by atoms with Gasteiger partial charge in [0.1, 0.15) is 12.1 Å². The lowest BCUT2D eigenvalue weighted by molar-refractivity contribution is -0.142. The summed E-state index contributed by atoms with van der Waals surface area (Å²) in [6, 6.07) is 11.2. The molecule has 5 nitrogen and oxygen atoms in total. The molecular weight excluding hydrogens is 401 g/mol. The van der Waals surface area contributed by atoms with Crippen LogP contribution in [0.5, 0.6) is 0 Å². The quantitative estimate of drug-likeness (QED) is 0.406. The fraction of sp³-hybridized carbons (Fsp3) is 0.174. The fourth-order valence-corrected chi connectivity index (χ4v) is 4.39. The first-order chi connectivity index (χ1) is 14.6. The minimum atomic E-state index is -0.332. The Morgan fingerprint density at radius 1 is 1.10 bits per heavy atom. The number of benzene rings is 1. The lowest BCUT2D eigenvalue weighted by Gasteiger charge is -2.06. The molecule has 0 amide bonds. The second-order valence-corrected chi connectivity index (χ2v) is 7.81. The van der Waals surface area contributed by atoms with Crippen molar-refractivity contribution in [3.63, 3.8) is 0 Å². The molecule has 0 fully saturated rings. The third-order valence-corrected chi connectivity index (χ3v) is 6.01. The van der Waals surface area contributed by atoms with Crippen molar-refractivity contribution in [2.45, 2.75) is 30.2 Å². The zero-order chi connectivity index (χ0) is 21.1. The maximum absolute atomic E-state index is 14.0. The number of rotatable bonds is 6. The van der Waals surface area contributed by atoms with Crippen molar-refractivity contribution in [3.05, 3.63) is 78.3 Å². The van der Waals surface area contributed by atoms with Crippen LogP contribution in [0.15, 0.2) is 71.2 Å². The highest BCUT2D eigenvalue weighted by Crippen LogP contribution is 2.36. The van der Waals surface area contributed by atoms with Crippen molar-refractivity contribution in [2.75, 3.05) is 6.61 Å². The molecule has 0 aliphatic carbocycles. The normalized spacial score (nSPS) is 11.0. The van der Waals surface area contributed by atoms with Crippen LogP contribution in [0.4, 0.5) is 4.39 Å². The summed E-state index contributed by atoms with van der Waals surface area (Å²) in [6.45, 7) is 4.07. The molecule has 30 heavy (non-hydrogen) atoms. The predicted octanol–water partition coefficient (Wildman–Crippen LogP) is 5.10. The van der Waals surface area contributed by atoms with Crippen LogP contribution in [-0.2, 0) is 16.0 Å². The molecule has 1 aromatic carbocycles. The number of hydrogen-bond donors (Lipinski definition) is 0. The zero-order valence-corrected chi connectivity index (χ0v) is 17.4. The van der Waals surface area contributed by atoms with Crippen LogP contribution < -0.4 is 0 Å². The van der Waals surface area contributed by atoms with Crippen molar-refractivity contribution < 1.29 is 13.9 Å². The van der Waals surface area contributed by atoms with Gasteiger partial charge < -0.3 is 9.14 Å². The minimum Gasteiger partial charge on any atom is -0.466 e. The fourth-order valence-electron chi connectivity index (χ4n) is 3.37. The van der Waals surface area contributed by atoms with Crippen molar-refractivity contribution in [2.24, 2.45) is 0 Å². The van der Waals surface area contributed by atoms with E-state index >= 15 is 0 Å². The molecule has 0 N–H and O–H groups in total. The van der Waals surface area contributed by atoms with Gasteiger partial charge in [-0.1, -0.05) is 23.9 Å². The van der Waals surface area contributed by atoms with Crippen molar-refractivity contribution >= 4 is 23.2 Å². The standard InChI is InChI=1S/C23H20FN3O2S/c1-3-29-22(28)10-20-15(2)23(27-13-18(24)6-9-21(20)27)30-19-7-4-16(5-8-19)17-11-25-14-26-12-17/h4-9,11-14H,3,10H2,1-2H3. The van der Waals surface area contributed by atoms with E-state index in [1.54, 1.807) is 25.4 Å². The summed E-state index contributed by atoms with van der Waals surface area (Å²) in [4.78, 5) is 21.2. The molecule has 0 atom stereocenters.